The van der Waals surface area contributed by atoms with Gasteiger partial charge in [-0.1, -0.05) is 0 Å². The molecule has 0 amide bonds. The van der Waals surface area contributed by atoms with Crippen molar-refractivity contribution in [2.45, 2.75) is 37.6 Å². The second kappa shape index (κ2) is 6.76. The van der Waals surface area contributed by atoms with E-state index in [-0.39, 0.29) is 0 Å². The summed E-state index contributed by atoms with van der Waals surface area (Å²) in [4.78, 5) is 6.30. The molecule has 2 rings (SSSR count). The Balaban J connectivity index is 1.80. The molecule has 1 saturated carbocycles. The van der Waals surface area contributed by atoms with Crippen LogP contribution in [0.3, 0.4) is 0 Å². The lowest BCUT2D eigenvalue weighted by Gasteiger charge is -2.11. The van der Waals surface area contributed by atoms with Crippen LogP contribution in [0.2, 0.25) is 0 Å². The largest absolute Gasteiger partial charge is 0.355 e. The lowest BCUT2D eigenvalue weighted by Crippen LogP contribution is -2.42. The zero-order valence-electron chi connectivity index (χ0n) is 12.6. The average molecular weight is 330 g/mol. The minimum atomic E-state index is -3.43. The molecule has 0 spiro atoms. The first-order valence-corrected chi connectivity index (χ1v) is 9.26. The summed E-state index contributed by atoms with van der Waals surface area (Å²) in [5.74, 6) is 0.722. The van der Waals surface area contributed by atoms with Crippen LogP contribution in [-0.4, -0.2) is 40.6 Å². The highest BCUT2D eigenvalue weighted by Gasteiger charge is 2.22. The zero-order chi connectivity index (χ0) is 15.5. The van der Waals surface area contributed by atoms with Crippen molar-refractivity contribution in [1.82, 2.24) is 15.4 Å². The van der Waals surface area contributed by atoms with Crippen molar-refractivity contribution >= 4 is 27.3 Å². The zero-order valence-corrected chi connectivity index (χ0v) is 14.2. The van der Waals surface area contributed by atoms with E-state index in [1.54, 1.807) is 13.1 Å². The molecular formula is C13H22N4O2S2. The van der Waals surface area contributed by atoms with Crippen LogP contribution >= 0.6 is 11.3 Å². The van der Waals surface area contributed by atoms with Crippen LogP contribution < -0.4 is 15.4 Å². The van der Waals surface area contributed by atoms with E-state index < -0.39 is 10.0 Å². The number of nitrogens with zero attached hydrogens (tertiary/aromatic N) is 1. The summed E-state index contributed by atoms with van der Waals surface area (Å²) in [6.07, 6.45) is 2.34. The summed E-state index contributed by atoms with van der Waals surface area (Å²) in [6.45, 7) is 4.55. The molecule has 1 aliphatic carbocycles. The third-order valence-electron chi connectivity index (χ3n) is 3.14. The Morgan fingerprint density at radius 3 is 2.62 bits per heavy atom. The number of sulfonamides is 1. The molecule has 21 heavy (non-hydrogen) atoms. The van der Waals surface area contributed by atoms with Gasteiger partial charge in [-0.3, -0.25) is 4.99 Å². The normalized spacial score (nSPS) is 16.0. The summed E-state index contributed by atoms with van der Waals surface area (Å²) in [5, 5.41) is 6.34. The standard InChI is InChI=1S/C13H22N4O2S2/c1-9-8-12(10(2)20-9)21(18,19)16-7-6-15-13(14-3)17-11-4-5-11/h8,11,16H,4-7H2,1-3H3,(H2,14,15,17). The minimum Gasteiger partial charge on any atom is -0.355 e. The van der Waals surface area contributed by atoms with Crippen molar-refractivity contribution in [3.05, 3.63) is 15.8 Å². The molecule has 0 unspecified atom stereocenters. The predicted molar refractivity (Wildman–Crippen MR) is 86.5 cm³/mol. The molecule has 0 radical (unpaired) electrons. The fourth-order valence-electron chi connectivity index (χ4n) is 1.93. The van der Waals surface area contributed by atoms with Gasteiger partial charge in [-0.05, 0) is 32.8 Å². The van der Waals surface area contributed by atoms with Gasteiger partial charge in [0.15, 0.2) is 5.96 Å². The Morgan fingerprint density at radius 2 is 2.10 bits per heavy atom. The molecule has 1 heterocycles. The smallest absolute Gasteiger partial charge is 0.241 e. The number of thiophene rings is 1. The van der Waals surface area contributed by atoms with Crippen LogP contribution in [-0.2, 0) is 10.0 Å². The summed E-state index contributed by atoms with van der Waals surface area (Å²) >= 11 is 1.49. The van der Waals surface area contributed by atoms with Gasteiger partial charge in [-0.25, -0.2) is 13.1 Å². The van der Waals surface area contributed by atoms with E-state index in [0.717, 1.165) is 15.7 Å². The Morgan fingerprint density at radius 1 is 1.38 bits per heavy atom. The molecule has 118 valence electrons. The topological polar surface area (TPSA) is 82.6 Å². The van der Waals surface area contributed by atoms with E-state index in [4.69, 9.17) is 0 Å². The van der Waals surface area contributed by atoms with Crippen LogP contribution in [0.25, 0.3) is 0 Å². The molecule has 1 aliphatic rings. The van der Waals surface area contributed by atoms with E-state index in [1.807, 2.05) is 13.8 Å². The summed E-state index contributed by atoms with van der Waals surface area (Å²) in [6, 6.07) is 2.23. The van der Waals surface area contributed by atoms with Gasteiger partial charge in [0.2, 0.25) is 10.0 Å². The van der Waals surface area contributed by atoms with Crippen molar-refractivity contribution in [2.75, 3.05) is 20.1 Å². The average Bonchev–Trinajstić information content (AvgIpc) is 3.16. The Labute approximate surface area is 130 Å². The maximum atomic E-state index is 12.2. The molecular weight excluding hydrogens is 308 g/mol. The first kappa shape index (κ1) is 16.3. The Hall–Kier alpha value is -1.12. The Kier molecular flexibility index (Phi) is 5.23. The van der Waals surface area contributed by atoms with Gasteiger partial charge < -0.3 is 10.6 Å². The number of nitrogens with one attached hydrogen (secondary N) is 3. The van der Waals surface area contributed by atoms with Gasteiger partial charge in [0, 0.05) is 35.9 Å². The highest BCUT2D eigenvalue weighted by atomic mass is 32.2. The number of aryl methyl sites for hydroxylation is 2. The second-order valence-electron chi connectivity index (χ2n) is 5.09. The van der Waals surface area contributed by atoms with Crippen molar-refractivity contribution in [2.24, 2.45) is 4.99 Å². The molecule has 1 fully saturated rings. The molecule has 0 aromatic carbocycles. The second-order valence-corrected chi connectivity index (χ2v) is 8.29. The van der Waals surface area contributed by atoms with Gasteiger partial charge in [0.1, 0.15) is 0 Å². The SMILES string of the molecule is CN=C(NCCNS(=O)(=O)c1cc(C)sc1C)NC1CC1. The van der Waals surface area contributed by atoms with Crippen molar-refractivity contribution in [3.63, 3.8) is 0 Å². The van der Waals surface area contributed by atoms with E-state index in [0.29, 0.717) is 24.0 Å². The monoisotopic (exact) mass is 330 g/mol. The Bertz CT molecular complexity index is 618. The lowest BCUT2D eigenvalue weighted by molar-refractivity contribution is 0.580. The fourth-order valence-corrected chi connectivity index (χ4v) is 4.52. The van der Waals surface area contributed by atoms with Gasteiger partial charge in [0.05, 0.1) is 4.90 Å². The first-order chi connectivity index (χ1) is 9.92. The third kappa shape index (κ3) is 4.69. The molecule has 1 aromatic rings. The van der Waals surface area contributed by atoms with Gasteiger partial charge in [-0.15, -0.1) is 11.3 Å². The minimum absolute atomic E-state index is 0.321. The predicted octanol–water partition coefficient (Wildman–Crippen LogP) is 0.971. The first-order valence-electron chi connectivity index (χ1n) is 6.96. The number of aliphatic imine (C=N–C) groups is 1. The summed E-state index contributed by atoms with van der Waals surface area (Å²) < 4.78 is 27.0. The highest BCUT2D eigenvalue weighted by Crippen LogP contribution is 2.24. The van der Waals surface area contributed by atoms with Crippen LogP contribution in [0.1, 0.15) is 22.6 Å². The summed E-state index contributed by atoms with van der Waals surface area (Å²) in [5.41, 5.74) is 0. The van der Waals surface area contributed by atoms with Crippen molar-refractivity contribution in [3.8, 4) is 0 Å². The number of guanidine groups is 1. The number of rotatable bonds is 6. The number of hydrogen-bond donors (Lipinski definition) is 3. The van der Waals surface area contributed by atoms with Crippen molar-refractivity contribution in [1.29, 1.82) is 0 Å². The van der Waals surface area contributed by atoms with E-state index >= 15 is 0 Å². The van der Waals surface area contributed by atoms with Crippen LogP contribution in [0.5, 0.6) is 0 Å². The van der Waals surface area contributed by atoms with E-state index in [9.17, 15) is 8.42 Å². The maximum absolute atomic E-state index is 12.2. The number of hydrogen-bond acceptors (Lipinski definition) is 4. The molecule has 0 aliphatic heterocycles. The molecule has 3 N–H and O–H groups in total. The molecule has 0 bridgehead atoms. The lowest BCUT2D eigenvalue weighted by atomic mass is 10.4. The van der Waals surface area contributed by atoms with Gasteiger partial charge >= 0.3 is 0 Å². The van der Waals surface area contributed by atoms with E-state index in [1.165, 1.54) is 24.2 Å². The van der Waals surface area contributed by atoms with Crippen LogP contribution in [0.4, 0.5) is 0 Å². The molecule has 8 heteroatoms. The van der Waals surface area contributed by atoms with Crippen LogP contribution in [0.15, 0.2) is 16.0 Å². The van der Waals surface area contributed by atoms with E-state index in [2.05, 4.69) is 20.3 Å². The fraction of sp³-hybridized carbons (Fsp3) is 0.615. The maximum Gasteiger partial charge on any atom is 0.241 e. The van der Waals surface area contributed by atoms with Gasteiger partial charge in [0.25, 0.3) is 0 Å². The molecule has 0 atom stereocenters. The molecule has 6 nitrogen and oxygen atoms in total. The third-order valence-corrected chi connectivity index (χ3v) is 5.82. The van der Waals surface area contributed by atoms with Gasteiger partial charge in [-0.2, -0.15) is 0 Å². The quantitative estimate of drug-likeness (QED) is 0.412. The van der Waals surface area contributed by atoms with Crippen LogP contribution in [0, 0.1) is 13.8 Å². The summed E-state index contributed by atoms with van der Waals surface area (Å²) in [7, 11) is -1.72. The molecule has 0 saturated heterocycles. The highest BCUT2D eigenvalue weighted by molar-refractivity contribution is 7.89. The molecule has 1 aromatic heterocycles. The van der Waals surface area contributed by atoms with Crippen molar-refractivity contribution < 1.29 is 8.42 Å².